The Morgan fingerprint density at radius 2 is 1.94 bits per heavy atom. The van der Waals surface area contributed by atoms with Crippen molar-refractivity contribution in [1.29, 1.82) is 0 Å². The summed E-state index contributed by atoms with van der Waals surface area (Å²) in [5.74, 6) is 0.317. The number of nitrogens with one attached hydrogen (secondary N) is 1. The summed E-state index contributed by atoms with van der Waals surface area (Å²) in [5, 5.41) is 10.9. The quantitative estimate of drug-likeness (QED) is 0.587. The number of alkyl halides is 3. The van der Waals surface area contributed by atoms with Crippen molar-refractivity contribution in [3.05, 3.63) is 58.7 Å². The van der Waals surface area contributed by atoms with E-state index in [-0.39, 0.29) is 12.5 Å². The van der Waals surface area contributed by atoms with Gasteiger partial charge in [-0.15, -0.1) is 0 Å². The molecule has 0 radical (unpaired) electrons. The second-order valence-electron chi connectivity index (χ2n) is 7.99. The molecule has 1 aliphatic carbocycles. The molecule has 0 atom stereocenters. The minimum Gasteiger partial charge on any atom is -0.497 e. The number of aromatic nitrogens is 4. The first-order chi connectivity index (χ1) is 15.2. The van der Waals surface area contributed by atoms with E-state index in [4.69, 9.17) is 4.74 Å². The molecule has 1 N–H and O–H groups in total. The highest BCUT2D eigenvalue weighted by Crippen LogP contribution is 2.42. The molecule has 1 aliphatic rings. The summed E-state index contributed by atoms with van der Waals surface area (Å²) < 4.78 is 47.5. The summed E-state index contributed by atoms with van der Waals surface area (Å²) in [6.45, 7) is 3.80. The van der Waals surface area contributed by atoms with E-state index in [0.29, 0.717) is 23.6 Å². The predicted octanol–water partition coefficient (Wildman–Crippen LogP) is 4.29. The van der Waals surface area contributed by atoms with E-state index in [2.05, 4.69) is 15.5 Å². The van der Waals surface area contributed by atoms with Crippen LogP contribution >= 0.6 is 0 Å². The molecule has 1 amide bonds. The van der Waals surface area contributed by atoms with Gasteiger partial charge in [-0.25, -0.2) is 0 Å². The highest BCUT2D eigenvalue weighted by molar-refractivity contribution is 5.91. The van der Waals surface area contributed by atoms with Crippen LogP contribution < -0.4 is 10.1 Å². The molecule has 7 nitrogen and oxygen atoms in total. The van der Waals surface area contributed by atoms with Crippen LogP contribution in [0, 0.1) is 13.8 Å². The van der Waals surface area contributed by atoms with Crippen LogP contribution in [0.2, 0.25) is 0 Å². The number of aryl methyl sites for hydroxylation is 1. The molecular formula is C22H24F3N5O2. The standard InChI is InChI=1S/C22H24F3N5O2/c1-13-21(14(2)29(27-13)11-15-5-4-6-17(9-15)32-3)26-20(31)12-30-18(16-7-8-16)10-19(28-30)22(23,24)25/h4-6,9-10,16H,7-8,11-12H2,1-3H3,(H,26,31). The van der Waals surface area contributed by atoms with Crippen LogP contribution in [0.1, 0.15) is 47.1 Å². The molecule has 2 heterocycles. The number of carbonyl (C=O) groups excluding carboxylic acids is 1. The number of methoxy groups -OCH3 is 1. The third-order valence-electron chi connectivity index (χ3n) is 5.50. The average Bonchev–Trinajstić information content (AvgIpc) is 3.44. The normalized spacial score (nSPS) is 13.9. The van der Waals surface area contributed by atoms with Gasteiger partial charge in [-0.1, -0.05) is 12.1 Å². The lowest BCUT2D eigenvalue weighted by atomic mass is 10.2. The summed E-state index contributed by atoms with van der Waals surface area (Å²) in [6.07, 6.45) is -2.93. The highest BCUT2D eigenvalue weighted by Gasteiger charge is 2.38. The van der Waals surface area contributed by atoms with Gasteiger partial charge in [0, 0.05) is 11.6 Å². The minimum atomic E-state index is -4.54. The van der Waals surface area contributed by atoms with Gasteiger partial charge in [-0.3, -0.25) is 14.2 Å². The van der Waals surface area contributed by atoms with Crippen molar-refractivity contribution < 1.29 is 22.7 Å². The van der Waals surface area contributed by atoms with E-state index in [0.717, 1.165) is 35.9 Å². The number of hydrogen-bond donors (Lipinski definition) is 1. The number of benzene rings is 1. The molecule has 3 aromatic rings. The number of anilines is 1. The van der Waals surface area contributed by atoms with E-state index >= 15 is 0 Å². The molecule has 1 fully saturated rings. The molecule has 0 unspecified atom stereocenters. The van der Waals surface area contributed by atoms with Gasteiger partial charge in [0.1, 0.15) is 12.3 Å². The summed E-state index contributed by atoms with van der Waals surface area (Å²) in [4.78, 5) is 12.7. The fourth-order valence-electron chi connectivity index (χ4n) is 3.69. The first-order valence-corrected chi connectivity index (χ1v) is 10.3. The number of rotatable bonds is 7. The van der Waals surface area contributed by atoms with E-state index in [9.17, 15) is 18.0 Å². The van der Waals surface area contributed by atoms with Crippen LogP contribution in [0.3, 0.4) is 0 Å². The number of carbonyl (C=O) groups is 1. The monoisotopic (exact) mass is 447 g/mol. The first-order valence-electron chi connectivity index (χ1n) is 10.3. The molecule has 0 saturated heterocycles. The lowest BCUT2D eigenvalue weighted by Crippen LogP contribution is -2.22. The summed E-state index contributed by atoms with van der Waals surface area (Å²) in [7, 11) is 1.60. The van der Waals surface area contributed by atoms with Crippen LogP contribution in [0.5, 0.6) is 5.75 Å². The van der Waals surface area contributed by atoms with Crippen LogP contribution in [0.15, 0.2) is 30.3 Å². The van der Waals surface area contributed by atoms with Gasteiger partial charge >= 0.3 is 6.18 Å². The number of hydrogen-bond acceptors (Lipinski definition) is 4. The van der Waals surface area contributed by atoms with Crippen molar-refractivity contribution in [2.24, 2.45) is 0 Å². The molecule has 10 heteroatoms. The maximum atomic E-state index is 13.1. The SMILES string of the molecule is COc1cccc(Cn2nc(C)c(NC(=O)Cn3nc(C(F)(F)F)cc3C3CC3)c2C)c1. The predicted molar refractivity (Wildman–Crippen MR) is 112 cm³/mol. The maximum absolute atomic E-state index is 13.1. The van der Waals surface area contributed by atoms with Crippen molar-refractivity contribution in [2.45, 2.75) is 51.9 Å². The Bertz CT molecular complexity index is 1150. The van der Waals surface area contributed by atoms with Crippen molar-refractivity contribution in [3.8, 4) is 5.75 Å². The second-order valence-corrected chi connectivity index (χ2v) is 7.99. The maximum Gasteiger partial charge on any atom is 0.435 e. The first kappa shape index (κ1) is 21.9. The molecule has 170 valence electrons. The Kier molecular flexibility index (Phi) is 5.70. The van der Waals surface area contributed by atoms with Crippen molar-refractivity contribution >= 4 is 11.6 Å². The molecule has 1 saturated carbocycles. The Morgan fingerprint density at radius 3 is 2.59 bits per heavy atom. The van der Waals surface area contributed by atoms with Crippen LogP contribution in [0.25, 0.3) is 0 Å². The van der Waals surface area contributed by atoms with E-state index < -0.39 is 17.8 Å². The zero-order valence-corrected chi connectivity index (χ0v) is 18.0. The fourth-order valence-corrected chi connectivity index (χ4v) is 3.69. The Hall–Kier alpha value is -3.30. The fraction of sp³-hybridized carbons (Fsp3) is 0.409. The second kappa shape index (κ2) is 8.33. The lowest BCUT2D eigenvalue weighted by molar-refractivity contribution is -0.141. The largest absolute Gasteiger partial charge is 0.497 e. The minimum absolute atomic E-state index is 0.0282. The molecular weight excluding hydrogens is 423 g/mol. The zero-order chi connectivity index (χ0) is 23.0. The van der Waals surface area contributed by atoms with Gasteiger partial charge in [-0.2, -0.15) is 23.4 Å². The molecule has 0 spiro atoms. The molecule has 2 aromatic heterocycles. The Balaban J connectivity index is 1.50. The van der Waals surface area contributed by atoms with Crippen molar-refractivity contribution in [2.75, 3.05) is 12.4 Å². The number of halogens is 3. The van der Waals surface area contributed by atoms with Crippen LogP contribution in [-0.2, 0) is 24.1 Å². The van der Waals surface area contributed by atoms with E-state index in [1.54, 1.807) is 18.7 Å². The van der Waals surface area contributed by atoms with Gasteiger partial charge in [0.15, 0.2) is 5.69 Å². The summed E-state index contributed by atoms with van der Waals surface area (Å²) in [6, 6.07) is 8.65. The van der Waals surface area contributed by atoms with Gasteiger partial charge in [0.05, 0.1) is 30.7 Å². The average molecular weight is 447 g/mol. The lowest BCUT2D eigenvalue weighted by Gasteiger charge is -2.10. The number of amides is 1. The van der Waals surface area contributed by atoms with E-state index in [1.807, 2.05) is 31.2 Å². The van der Waals surface area contributed by atoms with Gasteiger partial charge in [0.25, 0.3) is 0 Å². The van der Waals surface area contributed by atoms with Crippen molar-refractivity contribution in [3.63, 3.8) is 0 Å². The van der Waals surface area contributed by atoms with Crippen molar-refractivity contribution in [1.82, 2.24) is 19.6 Å². The molecule has 4 rings (SSSR count). The molecule has 1 aromatic carbocycles. The third kappa shape index (κ3) is 4.63. The summed E-state index contributed by atoms with van der Waals surface area (Å²) in [5.41, 5.74) is 2.39. The molecule has 32 heavy (non-hydrogen) atoms. The number of ether oxygens (including phenoxy) is 1. The summed E-state index contributed by atoms with van der Waals surface area (Å²) >= 11 is 0. The highest BCUT2D eigenvalue weighted by atomic mass is 19.4. The molecule has 0 bridgehead atoms. The zero-order valence-electron chi connectivity index (χ0n) is 18.0. The molecule has 0 aliphatic heterocycles. The van der Waals surface area contributed by atoms with Crippen LogP contribution in [-0.4, -0.2) is 32.6 Å². The smallest absolute Gasteiger partial charge is 0.435 e. The number of nitrogens with zero attached hydrogens (tertiary/aromatic N) is 4. The third-order valence-corrected chi connectivity index (χ3v) is 5.50. The van der Waals surface area contributed by atoms with Gasteiger partial charge in [0.2, 0.25) is 5.91 Å². The topological polar surface area (TPSA) is 74.0 Å². The Morgan fingerprint density at radius 1 is 1.19 bits per heavy atom. The van der Waals surface area contributed by atoms with Gasteiger partial charge in [-0.05, 0) is 50.5 Å². The Labute approximate surface area is 183 Å². The van der Waals surface area contributed by atoms with Crippen LogP contribution in [0.4, 0.5) is 18.9 Å². The van der Waals surface area contributed by atoms with Gasteiger partial charge < -0.3 is 10.1 Å². The van der Waals surface area contributed by atoms with E-state index in [1.165, 1.54) is 4.68 Å².